The number of rotatable bonds is 11. The molecule has 0 aliphatic rings. The SMILES string of the molecule is CCCC[C@H](CN(O)C=O)C(=O)[C@@H](NC(=O)c1cccnc1)C(C)C. The van der Waals surface area contributed by atoms with Crippen molar-refractivity contribution in [1.29, 1.82) is 0 Å². The number of hydrogen-bond donors (Lipinski definition) is 2. The van der Waals surface area contributed by atoms with E-state index in [1.54, 1.807) is 18.3 Å². The van der Waals surface area contributed by atoms with E-state index in [1.165, 1.54) is 6.20 Å². The molecule has 138 valence electrons. The number of Topliss-reactive ketones (excluding diaryl/α,β-unsaturated/α-hetero) is 1. The smallest absolute Gasteiger partial charge is 0.253 e. The Morgan fingerprint density at radius 1 is 1.40 bits per heavy atom. The molecular weight excluding hydrogens is 322 g/mol. The van der Waals surface area contributed by atoms with Gasteiger partial charge in [0.05, 0.1) is 18.2 Å². The summed E-state index contributed by atoms with van der Waals surface area (Å²) in [5.41, 5.74) is 0.378. The summed E-state index contributed by atoms with van der Waals surface area (Å²) >= 11 is 0. The molecule has 0 aliphatic carbocycles. The molecule has 0 saturated heterocycles. The minimum absolute atomic E-state index is 0.0751. The minimum atomic E-state index is -0.699. The number of pyridine rings is 1. The Kier molecular flexibility index (Phi) is 8.77. The van der Waals surface area contributed by atoms with Crippen molar-refractivity contribution in [3.8, 4) is 0 Å². The van der Waals surface area contributed by atoms with Crippen LogP contribution in [0.5, 0.6) is 0 Å². The number of unbranched alkanes of at least 4 members (excludes halogenated alkanes) is 1. The molecule has 25 heavy (non-hydrogen) atoms. The molecule has 0 saturated carbocycles. The van der Waals surface area contributed by atoms with Crippen LogP contribution in [-0.2, 0) is 9.59 Å². The molecule has 1 aromatic heterocycles. The fraction of sp³-hybridized carbons (Fsp3) is 0.556. The molecule has 0 aromatic carbocycles. The van der Waals surface area contributed by atoms with Crippen LogP contribution in [0.1, 0.15) is 50.4 Å². The Hall–Kier alpha value is -2.28. The second-order valence-electron chi connectivity index (χ2n) is 6.41. The van der Waals surface area contributed by atoms with E-state index < -0.39 is 12.0 Å². The zero-order chi connectivity index (χ0) is 18.8. The summed E-state index contributed by atoms with van der Waals surface area (Å²) < 4.78 is 0. The number of hydroxylamine groups is 2. The van der Waals surface area contributed by atoms with Crippen LogP contribution < -0.4 is 5.32 Å². The Bertz CT molecular complexity index is 563. The van der Waals surface area contributed by atoms with Gasteiger partial charge in [-0.1, -0.05) is 33.6 Å². The molecule has 1 heterocycles. The standard InChI is InChI=1S/C18H27N3O4/c1-4-5-7-15(11-21(25)12-22)17(23)16(13(2)3)20-18(24)14-8-6-9-19-10-14/h6,8-10,12-13,15-16,25H,4-5,7,11H2,1-3H3,(H,20,24)/t15-,16+/m1/s1. The summed E-state index contributed by atoms with van der Waals surface area (Å²) in [6.07, 6.45) is 5.53. The lowest BCUT2D eigenvalue weighted by atomic mass is 9.87. The van der Waals surface area contributed by atoms with Gasteiger partial charge in [0.1, 0.15) is 0 Å². The van der Waals surface area contributed by atoms with Crippen molar-refractivity contribution >= 4 is 18.1 Å². The molecule has 0 bridgehead atoms. The van der Waals surface area contributed by atoms with Gasteiger partial charge >= 0.3 is 0 Å². The molecule has 2 atom stereocenters. The Labute approximate surface area is 148 Å². The number of ketones is 1. The third kappa shape index (κ3) is 6.62. The Morgan fingerprint density at radius 3 is 2.64 bits per heavy atom. The molecule has 0 spiro atoms. The highest BCUT2D eigenvalue weighted by atomic mass is 16.5. The predicted molar refractivity (Wildman–Crippen MR) is 92.9 cm³/mol. The summed E-state index contributed by atoms with van der Waals surface area (Å²) in [4.78, 5) is 39.9. The number of nitrogens with one attached hydrogen (secondary N) is 1. The van der Waals surface area contributed by atoms with Gasteiger partial charge in [0.15, 0.2) is 5.78 Å². The minimum Gasteiger partial charge on any atom is -0.342 e. The van der Waals surface area contributed by atoms with Crippen molar-refractivity contribution in [3.63, 3.8) is 0 Å². The third-order valence-electron chi connectivity index (χ3n) is 4.02. The van der Waals surface area contributed by atoms with Gasteiger partial charge in [0.25, 0.3) is 5.91 Å². The van der Waals surface area contributed by atoms with Crippen molar-refractivity contribution < 1.29 is 19.6 Å². The first-order valence-electron chi connectivity index (χ1n) is 8.56. The number of aromatic nitrogens is 1. The van der Waals surface area contributed by atoms with Gasteiger partial charge in [-0.3, -0.25) is 24.6 Å². The molecule has 0 unspecified atom stereocenters. The monoisotopic (exact) mass is 349 g/mol. The van der Waals surface area contributed by atoms with Crippen molar-refractivity contribution in [2.75, 3.05) is 6.54 Å². The largest absolute Gasteiger partial charge is 0.342 e. The molecule has 0 aliphatic heterocycles. The summed E-state index contributed by atoms with van der Waals surface area (Å²) in [7, 11) is 0. The van der Waals surface area contributed by atoms with Crippen LogP contribution in [0.25, 0.3) is 0 Å². The maximum absolute atomic E-state index is 12.9. The highest BCUT2D eigenvalue weighted by Crippen LogP contribution is 2.17. The highest BCUT2D eigenvalue weighted by molar-refractivity contribution is 5.98. The molecule has 1 rings (SSSR count). The van der Waals surface area contributed by atoms with Gasteiger partial charge in [-0.05, 0) is 24.5 Å². The molecule has 0 radical (unpaired) electrons. The molecule has 7 nitrogen and oxygen atoms in total. The number of hydrogen-bond acceptors (Lipinski definition) is 5. The second-order valence-corrected chi connectivity index (χ2v) is 6.41. The average molecular weight is 349 g/mol. The van der Waals surface area contributed by atoms with E-state index >= 15 is 0 Å². The van der Waals surface area contributed by atoms with E-state index in [-0.39, 0.29) is 30.6 Å². The van der Waals surface area contributed by atoms with Gasteiger partial charge in [-0.15, -0.1) is 0 Å². The van der Waals surface area contributed by atoms with Crippen LogP contribution in [0.15, 0.2) is 24.5 Å². The number of nitrogens with zero attached hydrogens (tertiary/aromatic N) is 2. The highest BCUT2D eigenvalue weighted by Gasteiger charge is 2.31. The summed E-state index contributed by atoms with van der Waals surface area (Å²) in [5.74, 6) is -1.20. The van der Waals surface area contributed by atoms with Crippen molar-refractivity contribution in [2.45, 2.75) is 46.1 Å². The average Bonchev–Trinajstić information content (AvgIpc) is 2.62. The lowest BCUT2D eigenvalue weighted by molar-refractivity contribution is -0.154. The fourth-order valence-corrected chi connectivity index (χ4v) is 2.58. The normalized spacial score (nSPS) is 13.2. The lowest BCUT2D eigenvalue weighted by Crippen LogP contribution is -2.48. The summed E-state index contributed by atoms with van der Waals surface area (Å²) in [6, 6.07) is 2.58. The van der Waals surface area contributed by atoms with Crippen LogP contribution in [0.3, 0.4) is 0 Å². The van der Waals surface area contributed by atoms with Gasteiger partial charge < -0.3 is 5.32 Å². The fourth-order valence-electron chi connectivity index (χ4n) is 2.58. The third-order valence-corrected chi connectivity index (χ3v) is 4.02. The van der Waals surface area contributed by atoms with Gasteiger partial charge in [-0.25, -0.2) is 5.06 Å². The zero-order valence-electron chi connectivity index (χ0n) is 15.0. The van der Waals surface area contributed by atoms with Crippen LogP contribution in [0.2, 0.25) is 0 Å². The van der Waals surface area contributed by atoms with Gasteiger partial charge in [0, 0.05) is 18.3 Å². The molecular formula is C18H27N3O4. The van der Waals surface area contributed by atoms with Gasteiger partial charge in [0.2, 0.25) is 6.41 Å². The number of carbonyl (C=O) groups excluding carboxylic acids is 3. The first-order valence-corrected chi connectivity index (χ1v) is 8.56. The summed E-state index contributed by atoms with van der Waals surface area (Å²) in [5, 5.41) is 12.7. The van der Waals surface area contributed by atoms with Crippen LogP contribution >= 0.6 is 0 Å². The molecule has 2 N–H and O–H groups in total. The van der Waals surface area contributed by atoms with Crippen molar-refractivity contribution in [1.82, 2.24) is 15.4 Å². The van der Waals surface area contributed by atoms with Crippen molar-refractivity contribution in [2.24, 2.45) is 11.8 Å². The van der Waals surface area contributed by atoms with Crippen LogP contribution in [0, 0.1) is 11.8 Å². The van der Waals surface area contributed by atoms with E-state index in [2.05, 4.69) is 10.3 Å². The van der Waals surface area contributed by atoms with Crippen LogP contribution in [0.4, 0.5) is 0 Å². The van der Waals surface area contributed by atoms with Crippen molar-refractivity contribution in [3.05, 3.63) is 30.1 Å². The van der Waals surface area contributed by atoms with E-state index in [4.69, 9.17) is 0 Å². The quantitative estimate of drug-likeness (QED) is 0.362. The predicted octanol–water partition coefficient (Wildman–Crippen LogP) is 2.06. The van der Waals surface area contributed by atoms with Crippen LogP contribution in [-0.4, -0.2) is 45.9 Å². The molecule has 7 heteroatoms. The Balaban J connectivity index is 2.90. The first kappa shape index (κ1) is 20.8. The zero-order valence-corrected chi connectivity index (χ0v) is 15.0. The molecule has 1 aromatic rings. The molecule has 0 fully saturated rings. The molecule has 2 amide bonds. The van der Waals surface area contributed by atoms with E-state index in [1.807, 2.05) is 20.8 Å². The lowest BCUT2D eigenvalue weighted by Gasteiger charge is -2.27. The summed E-state index contributed by atoms with van der Waals surface area (Å²) in [6.45, 7) is 5.62. The number of carbonyl (C=O) groups is 3. The maximum atomic E-state index is 12.9. The topological polar surface area (TPSA) is 99.6 Å². The number of amides is 2. The van der Waals surface area contributed by atoms with E-state index in [0.717, 1.165) is 12.8 Å². The van der Waals surface area contributed by atoms with E-state index in [0.29, 0.717) is 17.0 Å². The second kappa shape index (κ2) is 10.6. The Morgan fingerprint density at radius 2 is 2.12 bits per heavy atom. The van der Waals surface area contributed by atoms with Gasteiger partial charge in [-0.2, -0.15) is 0 Å². The first-order chi connectivity index (χ1) is 11.9. The van der Waals surface area contributed by atoms with E-state index in [9.17, 15) is 19.6 Å². The maximum Gasteiger partial charge on any atom is 0.253 e.